The van der Waals surface area contributed by atoms with E-state index in [0.717, 1.165) is 12.8 Å². The third kappa shape index (κ3) is 3.07. The largest absolute Gasteiger partial charge is 0.487 e. The Morgan fingerprint density at radius 3 is 2.90 bits per heavy atom. The van der Waals surface area contributed by atoms with Crippen molar-refractivity contribution >= 4 is 17.3 Å². The molecule has 1 saturated heterocycles. The second-order valence-electron chi connectivity index (χ2n) is 4.86. The van der Waals surface area contributed by atoms with Gasteiger partial charge in [-0.1, -0.05) is 6.07 Å². The molecule has 1 unspecified atom stereocenters. The molecule has 1 fully saturated rings. The van der Waals surface area contributed by atoms with Gasteiger partial charge in [0.25, 0.3) is 0 Å². The van der Waals surface area contributed by atoms with Gasteiger partial charge in [0, 0.05) is 6.54 Å². The second-order valence-corrected chi connectivity index (χ2v) is 4.86. The maximum absolute atomic E-state index is 11.4. The summed E-state index contributed by atoms with van der Waals surface area (Å²) in [5, 5.41) is 20.7. The molecular weight excluding hydrogens is 276 g/mol. The van der Waals surface area contributed by atoms with Gasteiger partial charge in [-0.25, -0.2) is 4.79 Å². The average Bonchev–Trinajstić information content (AvgIpc) is 2.47. The van der Waals surface area contributed by atoms with E-state index in [1.54, 1.807) is 24.0 Å². The van der Waals surface area contributed by atoms with Gasteiger partial charge in [0.2, 0.25) is 0 Å². The van der Waals surface area contributed by atoms with Crippen LogP contribution in [0.5, 0.6) is 5.75 Å². The number of benzene rings is 1. The second kappa shape index (κ2) is 6.43. The number of nitro benzene ring substituents is 1. The van der Waals surface area contributed by atoms with E-state index in [9.17, 15) is 20.0 Å². The number of nitrogens with zero attached hydrogens (tertiary/aromatic N) is 2. The first-order valence-electron chi connectivity index (χ1n) is 6.96. The lowest BCUT2D eigenvalue weighted by Gasteiger charge is -2.34. The topological polar surface area (TPSA) is 92.9 Å². The van der Waals surface area contributed by atoms with Crippen LogP contribution in [0.1, 0.15) is 26.2 Å². The number of anilines is 1. The van der Waals surface area contributed by atoms with Gasteiger partial charge < -0.3 is 14.7 Å². The molecule has 1 aliphatic rings. The Morgan fingerprint density at radius 2 is 2.29 bits per heavy atom. The van der Waals surface area contributed by atoms with E-state index in [2.05, 4.69) is 0 Å². The summed E-state index contributed by atoms with van der Waals surface area (Å²) in [5.74, 6) is -0.777. The van der Waals surface area contributed by atoms with Crippen LogP contribution in [0.25, 0.3) is 0 Å². The molecule has 1 heterocycles. The minimum absolute atomic E-state index is 0.160. The molecule has 114 valence electrons. The van der Waals surface area contributed by atoms with Crippen molar-refractivity contribution in [2.75, 3.05) is 18.1 Å². The molecule has 1 atom stereocenters. The number of carboxylic acids is 1. The van der Waals surface area contributed by atoms with E-state index in [4.69, 9.17) is 4.74 Å². The van der Waals surface area contributed by atoms with Crippen LogP contribution in [0.15, 0.2) is 18.2 Å². The number of nitro groups is 1. The van der Waals surface area contributed by atoms with Crippen LogP contribution < -0.4 is 9.64 Å². The van der Waals surface area contributed by atoms with Gasteiger partial charge >= 0.3 is 11.7 Å². The van der Waals surface area contributed by atoms with Gasteiger partial charge in [-0.15, -0.1) is 0 Å². The minimum Gasteiger partial charge on any atom is -0.487 e. The Kier molecular flexibility index (Phi) is 4.62. The van der Waals surface area contributed by atoms with Crippen molar-refractivity contribution in [1.82, 2.24) is 0 Å². The van der Waals surface area contributed by atoms with E-state index in [1.807, 2.05) is 0 Å². The molecule has 0 spiro atoms. The molecule has 0 aliphatic carbocycles. The molecule has 0 bridgehead atoms. The van der Waals surface area contributed by atoms with Crippen LogP contribution in [0.4, 0.5) is 11.4 Å². The average molecular weight is 294 g/mol. The highest BCUT2D eigenvalue weighted by Gasteiger charge is 2.34. The summed E-state index contributed by atoms with van der Waals surface area (Å²) in [6.07, 6.45) is 2.12. The Hall–Kier alpha value is -2.31. The molecule has 0 radical (unpaired) electrons. The van der Waals surface area contributed by atoms with Gasteiger partial charge in [-0.2, -0.15) is 0 Å². The monoisotopic (exact) mass is 294 g/mol. The minimum atomic E-state index is -0.953. The number of hydrogen-bond donors (Lipinski definition) is 1. The summed E-state index contributed by atoms with van der Waals surface area (Å²) in [6.45, 7) is 2.55. The smallest absolute Gasteiger partial charge is 0.333 e. The molecular formula is C14H18N2O5. The SMILES string of the molecule is CCOc1cccc(N2CCCCC2C(=O)O)c1[N+](=O)[O-]. The summed E-state index contributed by atoms with van der Waals surface area (Å²) in [6, 6.07) is 4.04. The van der Waals surface area contributed by atoms with Crippen molar-refractivity contribution in [3.63, 3.8) is 0 Å². The molecule has 21 heavy (non-hydrogen) atoms. The Bertz CT molecular complexity index is 546. The van der Waals surface area contributed by atoms with E-state index in [0.29, 0.717) is 25.3 Å². The molecule has 1 aromatic carbocycles. The molecule has 2 rings (SSSR count). The first-order chi connectivity index (χ1) is 10.1. The maximum atomic E-state index is 11.4. The van der Waals surface area contributed by atoms with Crippen molar-refractivity contribution < 1.29 is 19.6 Å². The van der Waals surface area contributed by atoms with Crippen molar-refractivity contribution in [3.8, 4) is 5.75 Å². The number of carbonyl (C=O) groups is 1. The van der Waals surface area contributed by atoms with Crippen LogP contribution in [0, 0.1) is 10.1 Å². The van der Waals surface area contributed by atoms with E-state index < -0.39 is 16.9 Å². The Balaban J connectivity index is 2.48. The summed E-state index contributed by atoms with van der Waals surface area (Å²) >= 11 is 0. The van der Waals surface area contributed by atoms with Gasteiger partial charge in [0.1, 0.15) is 11.7 Å². The molecule has 1 aliphatic heterocycles. The Morgan fingerprint density at radius 1 is 1.52 bits per heavy atom. The lowest BCUT2D eigenvalue weighted by atomic mass is 10.0. The lowest BCUT2D eigenvalue weighted by molar-refractivity contribution is -0.385. The van der Waals surface area contributed by atoms with Gasteiger partial charge in [-0.05, 0) is 38.3 Å². The number of carboxylic acid groups (broad SMARTS) is 1. The van der Waals surface area contributed by atoms with E-state index >= 15 is 0 Å². The van der Waals surface area contributed by atoms with Crippen LogP contribution in [0.2, 0.25) is 0 Å². The van der Waals surface area contributed by atoms with Crippen LogP contribution in [0.3, 0.4) is 0 Å². The van der Waals surface area contributed by atoms with Gasteiger partial charge in [-0.3, -0.25) is 10.1 Å². The zero-order chi connectivity index (χ0) is 15.4. The van der Waals surface area contributed by atoms with Crippen LogP contribution in [-0.4, -0.2) is 35.2 Å². The summed E-state index contributed by atoms with van der Waals surface area (Å²) < 4.78 is 5.31. The number of hydrogen-bond acceptors (Lipinski definition) is 5. The van der Waals surface area contributed by atoms with E-state index in [-0.39, 0.29) is 11.4 Å². The number of piperidine rings is 1. The number of ether oxygens (including phenoxy) is 1. The van der Waals surface area contributed by atoms with Crippen molar-refractivity contribution in [3.05, 3.63) is 28.3 Å². The fourth-order valence-electron chi connectivity index (χ4n) is 2.67. The normalized spacial score (nSPS) is 18.3. The van der Waals surface area contributed by atoms with Crippen LogP contribution >= 0.6 is 0 Å². The zero-order valence-corrected chi connectivity index (χ0v) is 11.8. The summed E-state index contributed by atoms with van der Waals surface area (Å²) in [5.41, 5.74) is 0.158. The van der Waals surface area contributed by atoms with E-state index in [1.165, 1.54) is 6.07 Å². The molecule has 0 aromatic heterocycles. The highest BCUT2D eigenvalue weighted by molar-refractivity contribution is 5.81. The van der Waals surface area contributed by atoms with Gasteiger partial charge in [0.05, 0.1) is 11.5 Å². The number of rotatable bonds is 5. The summed E-state index contributed by atoms with van der Waals surface area (Å²) in [7, 11) is 0. The predicted molar refractivity (Wildman–Crippen MR) is 76.9 cm³/mol. The third-order valence-corrected chi connectivity index (χ3v) is 3.56. The fraction of sp³-hybridized carbons (Fsp3) is 0.500. The molecule has 1 aromatic rings. The zero-order valence-electron chi connectivity index (χ0n) is 11.8. The van der Waals surface area contributed by atoms with Gasteiger partial charge in [0.15, 0.2) is 5.75 Å². The molecule has 7 heteroatoms. The van der Waals surface area contributed by atoms with Crippen molar-refractivity contribution in [1.29, 1.82) is 0 Å². The third-order valence-electron chi connectivity index (χ3n) is 3.56. The lowest BCUT2D eigenvalue weighted by Crippen LogP contribution is -2.45. The van der Waals surface area contributed by atoms with Crippen LogP contribution in [-0.2, 0) is 4.79 Å². The Labute approximate surface area is 122 Å². The van der Waals surface area contributed by atoms with Crippen molar-refractivity contribution in [2.45, 2.75) is 32.2 Å². The highest BCUT2D eigenvalue weighted by Crippen LogP contribution is 2.39. The first kappa shape index (κ1) is 15.1. The first-order valence-corrected chi connectivity index (χ1v) is 6.96. The number of aliphatic carboxylic acids is 1. The summed E-state index contributed by atoms with van der Waals surface area (Å²) in [4.78, 5) is 23.9. The molecule has 0 amide bonds. The molecule has 0 saturated carbocycles. The predicted octanol–water partition coefficient (Wildman–Crippen LogP) is 2.44. The molecule has 7 nitrogen and oxygen atoms in total. The number of para-hydroxylation sites is 1. The maximum Gasteiger partial charge on any atom is 0.333 e. The highest BCUT2D eigenvalue weighted by atomic mass is 16.6. The molecule has 1 N–H and O–H groups in total. The fourth-order valence-corrected chi connectivity index (χ4v) is 2.67. The quantitative estimate of drug-likeness (QED) is 0.662. The van der Waals surface area contributed by atoms with Crippen molar-refractivity contribution in [2.24, 2.45) is 0 Å². The standard InChI is InChI=1S/C14H18N2O5/c1-2-21-12-8-5-7-10(13(12)16(19)20)15-9-4-3-6-11(15)14(17)18/h5,7-8,11H,2-4,6,9H2,1H3,(H,17,18).